The summed E-state index contributed by atoms with van der Waals surface area (Å²) in [7, 11) is 0. The first-order chi connectivity index (χ1) is 1.73. The van der Waals surface area contributed by atoms with Gasteiger partial charge in [0.25, 0.3) is 0 Å². The van der Waals surface area contributed by atoms with E-state index >= 15 is 0 Å². The molecule has 0 aliphatic heterocycles. The molecule has 0 spiro atoms. The van der Waals surface area contributed by atoms with Gasteiger partial charge in [-0.05, 0) is 0 Å². The van der Waals surface area contributed by atoms with E-state index in [1.54, 1.807) is 0 Å². The van der Waals surface area contributed by atoms with E-state index in [-0.39, 0.29) is 0 Å². The zero-order chi connectivity index (χ0) is 3.58. The number of rotatable bonds is 0. The Hall–Kier alpha value is 0.273. The van der Waals surface area contributed by atoms with E-state index in [2.05, 4.69) is 0 Å². The molecule has 0 aromatic carbocycles. The zero-order valence-corrected chi connectivity index (χ0v) is 3.85. The first-order valence-electron chi connectivity index (χ1n) is 0.628. The zero-order valence-electron chi connectivity index (χ0n) is 1.76. The van der Waals surface area contributed by atoms with Gasteiger partial charge < -0.3 is 0 Å². The van der Waals surface area contributed by atoms with Gasteiger partial charge in [-0.1, -0.05) is 0 Å². The molecular weight excluding hydrogens is 123 g/mol. The number of hydrogen-bond acceptors (Lipinski definition) is 0. The van der Waals surface area contributed by atoms with Gasteiger partial charge in [0.2, 0.25) is 0 Å². The summed E-state index contributed by atoms with van der Waals surface area (Å²) in [6.45, 7) is 0. The van der Waals surface area contributed by atoms with Crippen molar-refractivity contribution in [3.8, 4) is 0 Å². The van der Waals surface area contributed by atoms with E-state index in [0.717, 1.165) is 16.1 Å². The molecule has 0 aromatic rings. The fraction of sp³-hybridized carbons (Fsp3) is 0. The second-order valence-electron chi connectivity index (χ2n) is 0.260. The van der Waals surface area contributed by atoms with Crippen LogP contribution in [0.3, 0.4) is 0 Å². The van der Waals surface area contributed by atoms with Crippen LogP contribution in [0.25, 0.3) is 0 Å². The van der Waals surface area contributed by atoms with Crippen molar-refractivity contribution in [3.05, 3.63) is 0 Å². The van der Waals surface area contributed by atoms with Gasteiger partial charge in [-0.15, -0.1) is 0 Å². The topological polar surface area (TPSA) is 0 Å². The quantitative estimate of drug-likeness (QED) is 0.402. The van der Waals surface area contributed by atoms with Crippen LogP contribution in [-0.4, -0.2) is 20.9 Å². The first kappa shape index (κ1) is 4.27. The van der Waals surface area contributed by atoms with Crippen LogP contribution >= 0.6 is 0 Å². The van der Waals surface area contributed by atoms with Crippen molar-refractivity contribution < 1.29 is 8.78 Å². The van der Waals surface area contributed by atoms with Gasteiger partial charge in [0, 0.05) is 0 Å². The Morgan fingerprint density at radius 3 is 1.50 bits per heavy atom. The van der Waals surface area contributed by atoms with Crippen molar-refractivity contribution in [1.82, 2.24) is 0 Å². The van der Waals surface area contributed by atoms with E-state index in [1.165, 1.54) is 0 Å². The summed E-state index contributed by atoms with van der Waals surface area (Å²) in [6.07, 6.45) is 0. The van der Waals surface area contributed by atoms with Crippen molar-refractivity contribution in [2.75, 3.05) is 0 Å². The molecule has 4 heavy (non-hydrogen) atoms. The van der Waals surface area contributed by atoms with Crippen LogP contribution in [-0.2, 0) is 0 Å². The minimum atomic E-state index is -1.58. The summed E-state index contributed by atoms with van der Waals surface area (Å²) in [5, 5.41) is 0. The van der Waals surface area contributed by atoms with Crippen molar-refractivity contribution in [2.24, 2.45) is 0 Å². The predicted molar refractivity (Wildman–Crippen MR) is 13.0 cm³/mol. The van der Waals surface area contributed by atoms with Gasteiger partial charge in [-0.3, -0.25) is 0 Å². The Labute approximate surface area is 30.6 Å². The fourth-order valence-electron chi connectivity index (χ4n) is 0. The van der Waals surface area contributed by atoms with E-state index in [4.69, 9.17) is 0 Å². The van der Waals surface area contributed by atoms with Crippen LogP contribution in [0.2, 0.25) is 0 Å². The SMILES string of the molecule is F[C](F)=[Ge]. The standard InChI is InChI=1S/CF2Ge/c2-1(3)4. The summed E-state index contributed by atoms with van der Waals surface area (Å²) < 4.78 is 20.5. The van der Waals surface area contributed by atoms with E-state index < -0.39 is 4.86 Å². The number of hydrogen-bond donors (Lipinski definition) is 0. The molecule has 0 unspecified atom stereocenters. The molecule has 0 N–H and O–H groups in total. The molecule has 0 atom stereocenters. The molecule has 0 heterocycles. The summed E-state index contributed by atoms with van der Waals surface area (Å²) in [5.74, 6) is 0. The molecule has 0 saturated carbocycles. The third-order valence-corrected chi connectivity index (χ3v) is 0. The maximum absolute atomic E-state index is 10.2. The minimum absolute atomic E-state index is 0.750. The van der Waals surface area contributed by atoms with Crippen LogP contribution in [0.4, 0.5) is 8.78 Å². The molecule has 3 heteroatoms. The molecule has 2 radical (unpaired) electrons. The summed E-state index contributed by atoms with van der Waals surface area (Å²) in [4.78, 5) is -1.58. The van der Waals surface area contributed by atoms with Crippen LogP contribution in [0.5, 0.6) is 0 Å². The Morgan fingerprint density at radius 1 is 1.50 bits per heavy atom. The van der Waals surface area contributed by atoms with Crippen molar-refractivity contribution in [2.45, 2.75) is 0 Å². The van der Waals surface area contributed by atoms with Gasteiger partial charge in [0.15, 0.2) is 0 Å². The molecular formula is CF2Ge. The van der Waals surface area contributed by atoms with Crippen molar-refractivity contribution >= 4 is 20.9 Å². The van der Waals surface area contributed by atoms with Gasteiger partial charge in [-0.2, -0.15) is 0 Å². The average molecular weight is 123 g/mol. The molecule has 0 amide bonds. The normalized spacial score (nSPS) is 6.50. The molecule has 0 aliphatic rings. The third kappa shape index (κ3) is 49.5. The van der Waals surface area contributed by atoms with Gasteiger partial charge in [-0.25, -0.2) is 0 Å². The Bertz CT molecular complexity index is 29.0. The Kier molecular flexibility index (Phi) is 1.69. The summed E-state index contributed by atoms with van der Waals surface area (Å²) in [5.41, 5.74) is 0. The van der Waals surface area contributed by atoms with E-state index in [1.807, 2.05) is 0 Å². The van der Waals surface area contributed by atoms with Crippen LogP contribution in [0.1, 0.15) is 0 Å². The van der Waals surface area contributed by atoms with Gasteiger partial charge >= 0.3 is 29.7 Å². The van der Waals surface area contributed by atoms with Gasteiger partial charge in [0.05, 0.1) is 0 Å². The molecule has 22 valence electrons. The molecule has 0 rings (SSSR count). The summed E-state index contributed by atoms with van der Waals surface area (Å²) in [6, 6.07) is 0. The molecule has 0 nitrogen and oxygen atoms in total. The molecule has 0 saturated heterocycles. The Balaban J connectivity index is 2.80. The van der Waals surface area contributed by atoms with Crippen molar-refractivity contribution in [1.29, 1.82) is 0 Å². The molecule has 0 aliphatic carbocycles. The second-order valence-corrected chi connectivity index (χ2v) is 1.05. The van der Waals surface area contributed by atoms with Gasteiger partial charge in [0.1, 0.15) is 0 Å². The summed E-state index contributed by atoms with van der Waals surface area (Å²) >= 11 is 0.750. The molecule has 0 aromatic heterocycles. The predicted octanol–water partition coefficient (Wildman–Crippen LogP) is 0.181. The maximum atomic E-state index is 10.2. The number of halogens is 2. The average Bonchev–Trinajstić information content (AvgIpc) is 0.811. The van der Waals surface area contributed by atoms with E-state index in [0.29, 0.717) is 0 Å². The fourth-order valence-corrected chi connectivity index (χ4v) is 0. The first-order valence-corrected chi connectivity index (χ1v) is 1.68. The van der Waals surface area contributed by atoms with Crippen molar-refractivity contribution in [3.63, 3.8) is 0 Å². The van der Waals surface area contributed by atoms with Crippen LogP contribution in [0, 0.1) is 0 Å². The monoisotopic (exact) mass is 124 g/mol. The van der Waals surface area contributed by atoms with Crippen LogP contribution in [0.15, 0.2) is 0 Å². The second kappa shape index (κ2) is 1.58. The van der Waals surface area contributed by atoms with E-state index in [9.17, 15) is 8.78 Å². The van der Waals surface area contributed by atoms with Crippen LogP contribution < -0.4 is 0 Å². The third-order valence-electron chi connectivity index (χ3n) is 0. The molecule has 0 bridgehead atoms. The Morgan fingerprint density at radius 2 is 1.50 bits per heavy atom. The molecule has 0 fully saturated rings.